The van der Waals surface area contributed by atoms with Crippen molar-refractivity contribution in [1.82, 2.24) is 4.67 Å². The second-order valence-electron chi connectivity index (χ2n) is 7.60. The molecule has 0 spiro atoms. The number of phosphoric ester groups is 1. The van der Waals surface area contributed by atoms with Crippen LogP contribution >= 0.6 is 16.3 Å². The van der Waals surface area contributed by atoms with Crippen molar-refractivity contribution in [3.05, 3.63) is 0 Å². The Morgan fingerprint density at radius 1 is 0.905 bits per heavy atom. The summed E-state index contributed by atoms with van der Waals surface area (Å²) < 4.78 is 59.6. The summed E-state index contributed by atoms with van der Waals surface area (Å²) >= 11 is 0. The molecule has 4 unspecified atom stereocenters. The average molecular weight is 640 g/mol. The largest absolute Gasteiger partial charge is 0.474 e. The highest BCUT2D eigenvalue weighted by Crippen LogP contribution is 2.52. The second-order valence-corrected chi connectivity index (χ2v) is 11.2. The van der Waals surface area contributed by atoms with E-state index in [1.807, 2.05) is 46.5 Å². The minimum absolute atomic E-state index is 0. The molecule has 2 aliphatic rings. The van der Waals surface area contributed by atoms with Gasteiger partial charge in [0.1, 0.15) is 12.2 Å². The van der Waals surface area contributed by atoms with Gasteiger partial charge in [0.2, 0.25) is 0 Å². The number of phosphoric acid groups is 1. The summed E-state index contributed by atoms with van der Waals surface area (Å²) in [5.41, 5.74) is 0. The van der Waals surface area contributed by atoms with E-state index in [4.69, 9.17) is 60.0 Å². The maximum Gasteiger partial charge on any atom is 0.474 e. The van der Waals surface area contributed by atoms with Crippen LogP contribution in [0.4, 0.5) is 0 Å². The van der Waals surface area contributed by atoms with Crippen molar-refractivity contribution in [3.8, 4) is 0 Å². The smallest absolute Gasteiger partial charge is 0.382 e. The lowest BCUT2D eigenvalue weighted by Gasteiger charge is -2.28. The first kappa shape index (κ1) is 58.2. The van der Waals surface area contributed by atoms with E-state index < -0.39 is 53.3 Å². The van der Waals surface area contributed by atoms with Crippen molar-refractivity contribution in [2.45, 2.75) is 122 Å². The van der Waals surface area contributed by atoms with Crippen molar-refractivity contribution >= 4 is 53.2 Å². The predicted molar refractivity (Wildman–Crippen MR) is 188 cm³/mol. The minimum Gasteiger partial charge on any atom is -0.382 e. The fourth-order valence-corrected chi connectivity index (χ4v) is 5.61. The van der Waals surface area contributed by atoms with Gasteiger partial charge in [-0.25, -0.2) is 9.24 Å². The van der Waals surface area contributed by atoms with Crippen molar-refractivity contribution in [1.29, 1.82) is 0 Å². The van der Waals surface area contributed by atoms with Gasteiger partial charge in [-0.2, -0.15) is 0 Å². The van der Waals surface area contributed by atoms with Gasteiger partial charge in [0.25, 0.3) is 8.53 Å². The van der Waals surface area contributed by atoms with E-state index in [1.165, 1.54) is 21.4 Å². The first-order valence-electron chi connectivity index (χ1n) is 12.2. The molecule has 10 nitrogen and oxygen atoms in total. The van der Waals surface area contributed by atoms with Crippen molar-refractivity contribution in [2.75, 3.05) is 48.6 Å². The Morgan fingerprint density at radius 3 is 1.83 bits per heavy atom. The zero-order valence-electron chi connectivity index (χ0n) is 23.2. The van der Waals surface area contributed by atoms with Gasteiger partial charge >= 0.3 is 7.82 Å². The first-order valence-corrected chi connectivity index (χ1v) is 14.8. The third kappa shape index (κ3) is 19.2. The number of nitrogens with zero attached hydrogens (tertiary/aromatic N) is 1. The third-order valence-electron chi connectivity index (χ3n) is 5.03. The Kier molecular flexibility index (Phi) is 43.8. The summed E-state index contributed by atoms with van der Waals surface area (Å²) in [5.74, 6) is 0. The lowest BCUT2D eigenvalue weighted by Crippen LogP contribution is -2.33. The maximum absolute atomic E-state index is 13.2. The van der Waals surface area contributed by atoms with Gasteiger partial charge in [0, 0.05) is 56.5 Å². The molecule has 0 amide bonds. The van der Waals surface area contributed by atoms with Crippen LogP contribution < -0.4 is 0 Å². The normalized spacial score (nSPS) is 25.7. The van der Waals surface area contributed by atoms with Crippen molar-refractivity contribution in [3.63, 3.8) is 0 Å². The molecule has 17 heteroatoms. The Bertz CT molecular complexity index is 623. The summed E-state index contributed by atoms with van der Waals surface area (Å²) in [5, 5.41) is 0. The van der Waals surface area contributed by atoms with Gasteiger partial charge < -0.3 is 23.3 Å². The van der Waals surface area contributed by atoms with E-state index in [2.05, 4.69) is 0 Å². The van der Waals surface area contributed by atoms with Gasteiger partial charge in [0.15, 0.2) is 0 Å². The summed E-state index contributed by atoms with van der Waals surface area (Å²) in [4.78, 5) is 0. The van der Waals surface area contributed by atoms with E-state index in [1.54, 1.807) is 7.11 Å². The monoisotopic (exact) mass is 640 g/mol. The van der Waals surface area contributed by atoms with Crippen LogP contribution in [0.1, 0.15) is 85.1 Å². The minimum atomic E-state index is -3.97. The van der Waals surface area contributed by atoms with Crippen LogP contribution in [-0.4, -0.2) is 127 Å². The molecule has 7 radical (unpaired) electrons. The lowest BCUT2D eigenvalue weighted by atomic mass is 9.16. The fourth-order valence-electron chi connectivity index (χ4n) is 3.42. The van der Waals surface area contributed by atoms with E-state index in [0.717, 1.165) is 0 Å². The van der Waals surface area contributed by atoms with Crippen LogP contribution in [0.2, 0.25) is 0 Å². The van der Waals surface area contributed by atoms with Crippen LogP contribution in [-0.2, 0) is 41.4 Å². The zero-order valence-corrected chi connectivity index (χ0v) is 25.0. The SMILES string of the molecule is C.C.C.C.C.C.CC.CC.[B][B][C@H]1CC(OP(OC)N(C)C)[C@@H](COP(=O)(OC)OC2C[C@H](B([B])[B])O[C@@H]2COC)O1. The number of ether oxygens (including phenoxy) is 3. The van der Waals surface area contributed by atoms with Gasteiger partial charge in [-0.1, -0.05) is 72.3 Å². The summed E-state index contributed by atoms with van der Waals surface area (Å²) in [6.45, 7) is 7.38. The Morgan fingerprint density at radius 2 is 1.43 bits per heavy atom. The second kappa shape index (κ2) is 31.6. The number of methoxy groups -OCH3 is 1. The predicted octanol–water partition coefficient (Wildman–Crippen LogP) is 5.90. The van der Waals surface area contributed by atoms with Crippen LogP contribution in [0.3, 0.4) is 0 Å². The van der Waals surface area contributed by atoms with E-state index in [-0.39, 0.29) is 63.8 Å². The molecule has 0 saturated carbocycles. The molecule has 0 aromatic heterocycles. The van der Waals surface area contributed by atoms with Gasteiger partial charge in [-0.3, -0.25) is 13.6 Å². The Balaban J connectivity index is -0.000000234. The summed E-state index contributed by atoms with van der Waals surface area (Å²) in [6, 6.07) is -0.810. The standard InChI is InChI=1S/C15H29B5NO9P2.2C2H6.6CH4/c1-21(2)31(24-4)29-10-6-14(19-16)27-13(10)9-26-32(22,25-5)30-11-7-15(20(17)18)28-12(11)8-23-3;2*1-2;;;;;;/h10-15H,6-9H2,1-5H3;2*1-2H3;6*1H4/t10?,11?,12-,13-,14-,15-,31?,32?;;;;;;;;/m1......../s1. The summed E-state index contributed by atoms with van der Waals surface area (Å²) in [7, 11) is 21.3. The molecule has 2 aliphatic heterocycles. The highest BCUT2D eigenvalue weighted by Gasteiger charge is 2.44. The average Bonchev–Trinajstić information content (AvgIpc) is 3.47. The molecule has 2 rings (SSSR count). The molecular formula is C25H65B5NO9P2. The molecule has 249 valence electrons. The van der Waals surface area contributed by atoms with Crippen molar-refractivity contribution < 1.29 is 41.4 Å². The Hall–Kier alpha value is 0.625. The van der Waals surface area contributed by atoms with Gasteiger partial charge in [-0.05, 0) is 26.9 Å². The molecular weight excluding hydrogens is 574 g/mol. The van der Waals surface area contributed by atoms with Crippen LogP contribution in [0.25, 0.3) is 0 Å². The molecule has 0 aliphatic carbocycles. The fraction of sp³-hybridized carbons (Fsp3) is 1.00. The molecule has 42 heavy (non-hydrogen) atoms. The topological polar surface area (TPSA) is 94.2 Å². The van der Waals surface area contributed by atoms with E-state index in [9.17, 15) is 4.57 Å². The van der Waals surface area contributed by atoms with Crippen LogP contribution in [0.5, 0.6) is 0 Å². The van der Waals surface area contributed by atoms with Crippen molar-refractivity contribution in [2.24, 2.45) is 0 Å². The highest BCUT2D eigenvalue weighted by atomic mass is 31.2. The molecule has 2 fully saturated rings. The summed E-state index contributed by atoms with van der Waals surface area (Å²) in [6.07, 6.45) is -1.30. The number of hydrogen-bond donors (Lipinski definition) is 0. The first-order chi connectivity index (χ1) is 17.2. The van der Waals surface area contributed by atoms with Crippen LogP contribution in [0.15, 0.2) is 0 Å². The Labute approximate surface area is 269 Å². The maximum atomic E-state index is 13.2. The zero-order chi connectivity index (χ0) is 27.9. The number of rotatable bonds is 14. The molecule has 8 atom stereocenters. The van der Waals surface area contributed by atoms with Gasteiger partial charge in [-0.15, -0.1) is 0 Å². The highest BCUT2D eigenvalue weighted by molar-refractivity contribution is 7.48. The molecule has 2 saturated heterocycles. The molecule has 0 aromatic rings. The quantitative estimate of drug-likeness (QED) is 0.169. The molecule has 2 heterocycles. The van der Waals surface area contributed by atoms with E-state index in [0.29, 0.717) is 12.8 Å². The third-order valence-corrected chi connectivity index (χ3v) is 7.88. The molecule has 0 N–H and O–H groups in total. The van der Waals surface area contributed by atoms with E-state index >= 15 is 0 Å². The van der Waals surface area contributed by atoms with Crippen LogP contribution in [0, 0.1) is 0 Å². The lowest BCUT2D eigenvalue weighted by molar-refractivity contribution is -0.0320. The number of hydrogen-bond acceptors (Lipinski definition) is 10. The molecule has 0 aromatic carbocycles. The molecule has 0 bridgehead atoms. The van der Waals surface area contributed by atoms with Gasteiger partial charge in [0.05, 0.1) is 39.1 Å².